The highest BCUT2D eigenvalue weighted by Crippen LogP contribution is 2.22. The van der Waals surface area contributed by atoms with Crippen molar-refractivity contribution in [3.63, 3.8) is 0 Å². The molecule has 3 heterocycles. The molecule has 6 nitrogen and oxygen atoms in total. The van der Waals surface area contributed by atoms with Gasteiger partial charge in [0.05, 0.1) is 12.1 Å². The van der Waals surface area contributed by atoms with Gasteiger partial charge in [-0.2, -0.15) is 0 Å². The van der Waals surface area contributed by atoms with E-state index >= 15 is 0 Å². The zero-order chi connectivity index (χ0) is 15.4. The number of carbonyl (C=O) groups excluding carboxylic acids is 1. The molecule has 0 bridgehead atoms. The van der Waals surface area contributed by atoms with Crippen molar-refractivity contribution >= 4 is 17.5 Å². The van der Waals surface area contributed by atoms with Crippen molar-refractivity contribution in [1.29, 1.82) is 0 Å². The zero-order valence-corrected chi connectivity index (χ0v) is 12.6. The quantitative estimate of drug-likeness (QED) is 0.938. The Hall–Kier alpha value is -2.50. The van der Waals surface area contributed by atoms with Crippen LogP contribution in [0.5, 0.6) is 0 Å². The minimum atomic E-state index is -0.0573. The summed E-state index contributed by atoms with van der Waals surface area (Å²) < 4.78 is 0. The molecule has 22 heavy (non-hydrogen) atoms. The summed E-state index contributed by atoms with van der Waals surface area (Å²) >= 11 is 0. The van der Waals surface area contributed by atoms with E-state index in [-0.39, 0.29) is 11.8 Å². The molecule has 1 aliphatic heterocycles. The first kappa shape index (κ1) is 14.4. The van der Waals surface area contributed by atoms with Crippen molar-refractivity contribution in [3.05, 3.63) is 42.5 Å². The fraction of sp³-hybridized carbons (Fsp3) is 0.375. The van der Waals surface area contributed by atoms with Crippen LogP contribution in [0.25, 0.3) is 0 Å². The van der Waals surface area contributed by atoms with Crippen LogP contribution in [0.3, 0.4) is 0 Å². The second-order valence-corrected chi connectivity index (χ2v) is 5.56. The van der Waals surface area contributed by atoms with Gasteiger partial charge in [-0.05, 0) is 37.5 Å². The highest BCUT2D eigenvalue weighted by molar-refractivity contribution is 5.92. The van der Waals surface area contributed by atoms with E-state index in [1.165, 1.54) is 0 Å². The van der Waals surface area contributed by atoms with Gasteiger partial charge in [-0.1, -0.05) is 0 Å². The predicted molar refractivity (Wildman–Crippen MR) is 84.6 cm³/mol. The lowest BCUT2D eigenvalue weighted by molar-refractivity contribution is -0.120. The number of hydrogen-bond donors (Lipinski definition) is 1. The van der Waals surface area contributed by atoms with Gasteiger partial charge in [0, 0.05) is 31.7 Å². The monoisotopic (exact) mass is 297 g/mol. The van der Waals surface area contributed by atoms with Crippen molar-refractivity contribution in [2.45, 2.75) is 19.8 Å². The molecule has 0 radical (unpaired) electrons. The number of aryl methyl sites for hydroxylation is 1. The highest BCUT2D eigenvalue weighted by atomic mass is 16.2. The van der Waals surface area contributed by atoms with E-state index in [1.54, 1.807) is 24.8 Å². The third-order valence-corrected chi connectivity index (χ3v) is 3.83. The SMILES string of the molecule is Cc1ccnc(NC(=O)[C@@H]2CCCN(c3cnccn3)C2)c1. The summed E-state index contributed by atoms with van der Waals surface area (Å²) in [6, 6.07) is 3.78. The van der Waals surface area contributed by atoms with Gasteiger partial charge in [0.1, 0.15) is 11.6 Å². The van der Waals surface area contributed by atoms with E-state index in [4.69, 9.17) is 0 Å². The van der Waals surface area contributed by atoms with Crippen LogP contribution in [0.15, 0.2) is 36.9 Å². The lowest BCUT2D eigenvalue weighted by Gasteiger charge is -2.32. The Balaban J connectivity index is 1.65. The second kappa shape index (κ2) is 6.51. The number of nitrogens with zero attached hydrogens (tertiary/aromatic N) is 4. The summed E-state index contributed by atoms with van der Waals surface area (Å²) in [7, 11) is 0. The maximum absolute atomic E-state index is 12.4. The van der Waals surface area contributed by atoms with Crippen molar-refractivity contribution in [1.82, 2.24) is 15.0 Å². The summed E-state index contributed by atoms with van der Waals surface area (Å²) in [6.07, 6.45) is 8.63. The molecule has 0 saturated carbocycles. The molecular weight excluding hydrogens is 278 g/mol. The van der Waals surface area contributed by atoms with E-state index in [0.717, 1.165) is 30.8 Å². The normalized spacial score (nSPS) is 18.0. The molecule has 0 aromatic carbocycles. The lowest BCUT2D eigenvalue weighted by atomic mass is 9.97. The Kier molecular flexibility index (Phi) is 4.27. The van der Waals surface area contributed by atoms with Crippen LogP contribution in [0.1, 0.15) is 18.4 Å². The second-order valence-electron chi connectivity index (χ2n) is 5.56. The van der Waals surface area contributed by atoms with Crippen molar-refractivity contribution in [3.8, 4) is 0 Å². The number of piperidine rings is 1. The van der Waals surface area contributed by atoms with Crippen LogP contribution in [-0.2, 0) is 4.79 Å². The first-order valence-corrected chi connectivity index (χ1v) is 7.47. The highest BCUT2D eigenvalue weighted by Gasteiger charge is 2.26. The molecule has 1 saturated heterocycles. The van der Waals surface area contributed by atoms with Crippen LogP contribution >= 0.6 is 0 Å². The van der Waals surface area contributed by atoms with Gasteiger partial charge in [-0.3, -0.25) is 9.78 Å². The summed E-state index contributed by atoms with van der Waals surface area (Å²) in [6.45, 7) is 3.55. The molecular formula is C16H19N5O. The van der Waals surface area contributed by atoms with Crippen LogP contribution in [0.4, 0.5) is 11.6 Å². The average molecular weight is 297 g/mol. The zero-order valence-electron chi connectivity index (χ0n) is 12.6. The van der Waals surface area contributed by atoms with E-state index in [2.05, 4.69) is 25.2 Å². The fourth-order valence-corrected chi connectivity index (χ4v) is 2.69. The summed E-state index contributed by atoms with van der Waals surface area (Å²) in [5, 5.41) is 2.91. The number of nitrogens with one attached hydrogen (secondary N) is 1. The molecule has 2 aromatic rings. The van der Waals surface area contributed by atoms with Gasteiger partial charge >= 0.3 is 0 Å². The molecule has 1 atom stereocenters. The topological polar surface area (TPSA) is 71.0 Å². The van der Waals surface area contributed by atoms with Crippen molar-refractivity contribution in [2.75, 3.05) is 23.3 Å². The largest absolute Gasteiger partial charge is 0.355 e. The molecule has 2 aromatic heterocycles. The van der Waals surface area contributed by atoms with Crippen LogP contribution in [-0.4, -0.2) is 33.9 Å². The first-order chi connectivity index (χ1) is 10.7. The fourth-order valence-electron chi connectivity index (χ4n) is 2.69. The van der Waals surface area contributed by atoms with Gasteiger partial charge in [-0.15, -0.1) is 0 Å². The van der Waals surface area contributed by atoms with Crippen LogP contribution in [0, 0.1) is 12.8 Å². The molecule has 1 N–H and O–H groups in total. The smallest absolute Gasteiger partial charge is 0.230 e. The van der Waals surface area contributed by atoms with Crippen LogP contribution < -0.4 is 10.2 Å². The first-order valence-electron chi connectivity index (χ1n) is 7.47. The maximum Gasteiger partial charge on any atom is 0.230 e. The van der Waals surface area contributed by atoms with Gasteiger partial charge in [0.15, 0.2) is 0 Å². The Morgan fingerprint density at radius 1 is 1.32 bits per heavy atom. The van der Waals surface area contributed by atoms with Crippen molar-refractivity contribution < 1.29 is 4.79 Å². The van der Waals surface area contributed by atoms with Gasteiger partial charge in [0.2, 0.25) is 5.91 Å². The number of hydrogen-bond acceptors (Lipinski definition) is 5. The summed E-state index contributed by atoms with van der Waals surface area (Å²) in [5.74, 6) is 1.40. The van der Waals surface area contributed by atoms with E-state index < -0.39 is 0 Å². The summed E-state index contributed by atoms with van der Waals surface area (Å²) in [4.78, 5) is 27.1. The Morgan fingerprint density at radius 2 is 2.23 bits per heavy atom. The van der Waals surface area contributed by atoms with Crippen molar-refractivity contribution in [2.24, 2.45) is 5.92 Å². The minimum absolute atomic E-state index is 0.0201. The predicted octanol–water partition coefficient (Wildman–Crippen LogP) is 2.04. The Bertz CT molecular complexity index is 646. The lowest BCUT2D eigenvalue weighted by Crippen LogP contribution is -2.41. The number of carbonyl (C=O) groups is 1. The van der Waals surface area contributed by atoms with Gasteiger partial charge in [0.25, 0.3) is 0 Å². The molecule has 0 aliphatic carbocycles. The average Bonchev–Trinajstić information content (AvgIpc) is 2.56. The number of pyridine rings is 1. The molecule has 1 fully saturated rings. The standard InChI is InChI=1S/C16H19N5O/c1-12-4-5-18-14(9-12)20-16(22)13-3-2-8-21(11-13)15-10-17-6-7-19-15/h4-7,9-10,13H,2-3,8,11H2,1H3,(H,18,20,22)/t13-/m1/s1. The Labute approximate surface area is 129 Å². The molecule has 6 heteroatoms. The third-order valence-electron chi connectivity index (χ3n) is 3.83. The van der Waals surface area contributed by atoms with Gasteiger partial charge in [-0.25, -0.2) is 9.97 Å². The molecule has 1 aliphatic rings. The van der Waals surface area contributed by atoms with Crippen LogP contribution in [0.2, 0.25) is 0 Å². The van der Waals surface area contributed by atoms with E-state index in [9.17, 15) is 4.79 Å². The number of aromatic nitrogens is 3. The number of amides is 1. The molecule has 3 rings (SSSR count). The third kappa shape index (κ3) is 3.39. The van der Waals surface area contributed by atoms with E-state index in [0.29, 0.717) is 12.4 Å². The van der Waals surface area contributed by atoms with Gasteiger partial charge < -0.3 is 10.2 Å². The number of rotatable bonds is 3. The maximum atomic E-state index is 12.4. The molecule has 114 valence electrons. The summed E-state index contributed by atoms with van der Waals surface area (Å²) in [5.41, 5.74) is 1.08. The molecule has 0 unspecified atom stereocenters. The number of anilines is 2. The van der Waals surface area contributed by atoms with E-state index in [1.807, 2.05) is 19.1 Å². The Morgan fingerprint density at radius 3 is 3.00 bits per heavy atom. The molecule has 0 spiro atoms. The molecule has 1 amide bonds. The minimum Gasteiger partial charge on any atom is -0.355 e.